The summed E-state index contributed by atoms with van der Waals surface area (Å²) in [6, 6.07) is 27.9. The Morgan fingerprint density at radius 3 is 1.26 bits per heavy atom. The number of H-pyrrole nitrogens is 2. The molecule has 10 heterocycles. The predicted octanol–water partition coefficient (Wildman–Crippen LogP) is 14.3. The van der Waals surface area contributed by atoms with Gasteiger partial charge in [-0.2, -0.15) is 9.90 Å². The highest BCUT2D eigenvalue weighted by molar-refractivity contribution is 9.69. The van der Waals surface area contributed by atoms with Crippen molar-refractivity contribution in [2.75, 3.05) is 27.3 Å². The highest BCUT2D eigenvalue weighted by atomic mass is 79.9. The third kappa shape index (κ3) is 20.3. The van der Waals surface area contributed by atoms with Crippen LogP contribution < -0.4 is 25.3 Å². The Morgan fingerprint density at radius 2 is 0.898 bits per heavy atom. The zero-order valence-corrected chi connectivity index (χ0v) is 60.6. The molecule has 0 amide bonds. The molecule has 1 saturated heterocycles. The molecule has 0 bridgehead atoms. The molecule has 1 unspecified atom stereocenters. The largest absolute Gasteiger partial charge is 0.488 e. The molecular formula is C63H57BBr3Cl4F4N14O7PS. The number of methoxy groups -OCH3 is 2. The molecule has 512 valence electrons. The van der Waals surface area contributed by atoms with E-state index >= 15 is 0 Å². The molecule has 1 fully saturated rings. The van der Waals surface area contributed by atoms with Crippen LogP contribution in [0.5, 0.6) is 17.5 Å². The third-order valence-corrected chi connectivity index (χ3v) is 14.3. The van der Waals surface area contributed by atoms with Gasteiger partial charge in [0.05, 0.1) is 68.8 Å². The van der Waals surface area contributed by atoms with Crippen LogP contribution in [0.15, 0.2) is 181 Å². The van der Waals surface area contributed by atoms with Crippen molar-refractivity contribution in [3.8, 4) is 63.1 Å². The Morgan fingerprint density at radius 1 is 0.561 bits per heavy atom. The molecule has 0 spiro atoms. The number of rotatable bonds is 13. The molecule has 21 nitrogen and oxygen atoms in total. The van der Waals surface area contributed by atoms with Crippen LogP contribution in [0.1, 0.15) is 30.2 Å². The molecule has 13 aromatic rings. The van der Waals surface area contributed by atoms with Crippen LogP contribution in [0.4, 0.5) is 17.6 Å². The zero-order valence-electron chi connectivity index (χ0n) is 50.6. The van der Waals surface area contributed by atoms with Crippen molar-refractivity contribution in [3.63, 3.8) is 0 Å². The lowest BCUT2D eigenvalue weighted by Gasteiger charge is -2.38. The first-order valence-corrected chi connectivity index (χ1v) is 34.6. The molecular weight excluding hydrogens is 1600 g/mol. The molecule has 9 aromatic heterocycles. The summed E-state index contributed by atoms with van der Waals surface area (Å²) in [5.41, 5.74) is 7.43. The lowest BCUT2D eigenvalue weighted by Crippen LogP contribution is -2.53. The van der Waals surface area contributed by atoms with Crippen LogP contribution in [-0.2, 0) is 34.1 Å². The van der Waals surface area contributed by atoms with E-state index < -0.39 is 9.23 Å². The summed E-state index contributed by atoms with van der Waals surface area (Å²) in [5, 5.41) is 9.25. The maximum Gasteiger partial charge on any atom is 0.369 e. The predicted molar refractivity (Wildman–Crippen MR) is 391 cm³/mol. The summed E-state index contributed by atoms with van der Waals surface area (Å²) in [6.45, 7) is 1.95. The Balaban J connectivity index is 0.000000178. The highest BCUT2D eigenvalue weighted by Gasteiger charge is 2.29. The van der Waals surface area contributed by atoms with Crippen molar-refractivity contribution in [1.82, 2.24) is 67.4 Å². The van der Waals surface area contributed by atoms with Crippen LogP contribution in [-0.4, -0.2) is 113 Å². The monoisotopic (exact) mass is 1650 g/mol. The summed E-state index contributed by atoms with van der Waals surface area (Å²) >= 11 is 20.9. The Bertz CT molecular complexity index is 4760. The van der Waals surface area contributed by atoms with Crippen molar-refractivity contribution in [2.45, 2.75) is 38.4 Å². The zero-order chi connectivity index (χ0) is 68.6. The average molecular weight is 1650 g/mol. The molecule has 1 aliphatic rings. The number of aromatic nitrogens is 13. The van der Waals surface area contributed by atoms with Crippen molar-refractivity contribution in [3.05, 3.63) is 238 Å². The number of benzene rings is 4. The van der Waals surface area contributed by atoms with Crippen LogP contribution in [0.3, 0.4) is 0 Å². The first kappa shape index (κ1) is 77.7. The van der Waals surface area contributed by atoms with Crippen LogP contribution in [0.2, 0.25) is 0 Å². The average Bonchev–Trinajstić information content (AvgIpc) is 1.68. The van der Waals surface area contributed by atoms with Gasteiger partial charge < -0.3 is 29.3 Å². The van der Waals surface area contributed by atoms with E-state index in [0.29, 0.717) is 75.2 Å². The Hall–Kier alpha value is -7.61. The number of alkyl halides is 2. The van der Waals surface area contributed by atoms with Gasteiger partial charge in [0.15, 0.2) is 0 Å². The van der Waals surface area contributed by atoms with E-state index in [1.807, 2.05) is 22.7 Å². The number of aromatic amines is 2. The number of aliphatic hydroxyl groups excluding tert-OH is 1. The lowest BCUT2D eigenvalue weighted by molar-refractivity contribution is 0.0137. The van der Waals surface area contributed by atoms with Crippen molar-refractivity contribution < 1.29 is 41.1 Å². The second-order valence-corrected chi connectivity index (χ2v) is 29.5. The van der Waals surface area contributed by atoms with Crippen LogP contribution >= 0.6 is 102 Å². The number of likely N-dealkylation sites (tertiary alicyclic amines) is 1. The molecule has 0 radical (unpaired) electrons. The summed E-state index contributed by atoms with van der Waals surface area (Å²) < 4.78 is 84.9. The molecule has 0 aliphatic carbocycles. The standard InChI is InChI=1S/C21H18FN5O2.C14H11ClFN3O.C14H12FN3O2.C13H9ClFN3O.CH4.BBr3.Cl2OS.H3P/c22-15-3-1-14(2-4-15)20-24-9-19-21(28)25-16(11-27(19)20)10-26-12-18(13-26)29-17-5-7-23-8-6-17;1-20-14-12-7-17-13(9-2-4-10(16)5-3-9)19(12)8-11(6-15)18-14;1-20-14-12-6-16-13(9-2-4-10(15)5-3-9)18(12)7-11(8-19)17-14;14-5-10-7-18-11(13(19)17-10)6-16-12(18)8-1-3-9(15)4-2-8;;2-1(3)4;1-4(2)3;/h1-9,11,18H,10,12-13H2,(H,25,28);2-5,7-8H,6H2,1H3;2-7,19H,8H2,1H3;1-4,6-7H,5H2,(H,17,19);1H4;;;1H3. The van der Waals surface area contributed by atoms with E-state index in [9.17, 15) is 32.3 Å². The summed E-state index contributed by atoms with van der Waals surface area (Å²) in [6.07, 6.45) is 16.9. The fourth-order valence-electron chi connectivity index (χ4n) is 9.56. The minimum Gasteiger partial charge on any atom is -0.488 e. The number of fused-ring (bicyclic) bond motifs is 4. The number of ether oxygens (including phenoxy) is 3. The summed E-state index contributed by atoms with van der Waals surface area (Å²) in [5.74, 6) is 3.42. The second kappa shape index (κ2) is 37.0. The first-order valence-electron chi connectivity index (χ1n) is 28.0. The number of imidazole rings is 4. The van der Waals surface area contributed by atoms with E-state index in [1.165, 1.54) is 68.0 Å². The SMILES string of the molecule is BrB(Br)Br.C.COc1nc(CCl)cn2c(-c3ccc(F)cc3)ncc12.COc1nc(CO)cn2c(-c3ccc(F)cc3)ncc12.O=S(Cl)Cl.O=c1[nH]c(CCl)cn2c(-c3ccc(F)cc3)ncc12.O=c1[nH]c(CN2CC(Oc3ccncc3)C2)cn2c(-c3ccc(F)cc3)ncc12.P. The number of hydrogen-bond donors (Lipinski definition) is 3. The topological polar surface area (TPSA) is 242 Å². The highest BCUT2D eigenvalue weighted by Crippen LogP contribution is 2.29. The minimum atomic E-state index is -1.67. The molecule has 3 N–H and O–H groups in total. The van der Waals surface area contributed by atoms with Crippen molar-refractivity contribution >= 4 is 136 Å². The number of hydrogen-bond acceptors (Lipinski definition) is 15. The molecule has 35 heteroatoms. The summed E-state index contributed by atoms with van der Waals surface area (Å²) in [7, 11) is 10.4. The summed E-state index contributed by atoms with van der Waals surface area (Å²) in [4.78, 5) is 61.7. The fourth-order valence-corrected chi connectivity index (χ4v) is 9.83. The molecule has 14 rings (SSSR count). The maximum absolute atomic E-state index is 13.2. The molecule has 98 heavy (non-hydrogen) atoms. The van der Waals surface area contributed by atoms with E-state index in [1.54, 1.807) is 112 Å². The van der Waals surface area contributed by atoms with E-state index in [4.69, 9.17) is 41.6 Å². The fraction of sp³-hybridized carbons (Fsp3) is 0.159. The van der Waals surface area contributed by atoms with Gasteiger partial charge in [-0.3, -0.25) is 37.1 Å². The quantitative estimate of drug-likeness (QED) is 0.0320. The second-order valence-electron chi connectivity index (χ2n) is 20.0. The third-order valence-electron chi connectivity index (χ3n) is 13.8. The molecule has 1 aliphatic heterocycles. The number of pyridine rings is 1. The van der Waals surface area contributed by atoms with Gasteiger partial charge in [-0.15, -0.1) is 70.5 Å². The van der Waals surface area contributed by atoms with Gasteiger partial charge in [-0.1, -0.05) is 7.43 Å². The molecule has 4 aromatic carbocycles. The Kier molecular flexibility index (Phi) is 29.4. The number of aliphatic hydroxyl groups is 1. The molecule has 1 atom stereocenters. The number of halogens is 11. The van der Waals surface area contributed by atoms with Crippen molar-refractivity contribution in [1.29, 1.82) is 0 Å². The van der Waals surface area contributed by atoms with Gasteiger partial charge in [0.1, 0.15) is 80.5 Å². The van der Waals surface area contributed by atoms with Crippen LogP contribution in [0, 0.1) is 23.3 Å². The smallest absolute Gasteiger partial charge is 0.369 e. The van der Waals surface area contributed by atoms with Gasteiger partial charge in [0.25, 0.3) is 11.1 Å². The van der Waals surface area contributed by atoms with Crippen molar-refractivity contribution in [2.24, 2.45) is 0 Å². The lowest BCUT2D eigenvalue weighted by atomic mass is 10.1. The van der Waals surface area contributed by atoms with Gasteiger partial charge >= 0.3 is 3.18 Å². The Labute approximate surface area is 606 Å². The van der Waals surface area contributed by atoms with Gasteiger partial charge in [-0.25, -0.2) is 51.7 Å². The van der Waals surface area contributed by atoms with Crippen LogP contribution in [0.25, 0.3) is 67.6 Å². The normalized spacial score (nSPS) is 11.6. The van der Waals surface area contributed by atoms with E-state index in [2.05, 4.69) is 118 Å². The maximum atomic E-state index is 13.2. The first-order chi connectivity index (χ1) is 46.3. The number of nitrogens with zero attached hydrogens (tertiary/aromatic N) is 12. The molecule has 0 saturated carbocycles. The van der Waals surface area contributed by atoms with E-state index in [0.717, 1.165) is 52.3 Å². The van der Waals surface area contributed by atoms with Gasteiger partial charge in [0, 0.05) is 112 Å². The number of nitrogens with one attached hydrogen (secondary N) is 2. The van der Waals surface area contributed by atoms with E-state index in [-0.39, 0.29) is 79.4 Å². The van der Waals surface area contributed by atoms with Gasteiger partial charge in [0.2, 0.25) is 21.0 Å². The minimum absolute atomic E-state index is 0. The van der Waals surface area contributed by atoms with Gasteiger partial charge in [-0.05, 0) is 109 Å².